The van der Waals surface area contributed by atoms with Gasteiger partial charge in [0.15, 0.2) is 17.6 Å². The highest BCUT2D eigenvalue weighted by molar-refractivity contribution is 9.10. The van der Waals surface area contributed by atoms with Crippen LogP contribution in [0.25, 0.3) is 0 Å². The second kappa shape index (κ2) is 8.26. The number of anilines is 1. The molecule has 2 N–H and O–H groups in total. The first-order valence-corrected chi connectivity index (χ1v) is 8.41. The van der Waals surface area contributed by atoms with Gasteiger partial charge >= 0.3 is 0 Å². The van der Waals surface area contributed by atoms with Crippen molar-refractivity contribution in [2.24, 2.45) is 0 Å². The van der Waals surface area contributed by atoms with Crippen LogP contribution in [-0.4, -0.2) is 26.1 Å². The number of carbonyl (C=O) groups is 1. The highest BCUT2D eigenvalue weighted by Crippen LogP contribution is 2.17. The van der Waals surface area contributed by atoms with E-state index in [0.717, 1.165) is 20.6 Å². The Morgan fingerprint density at radius 3 is 2.54 bits per heavy atom. The Bertz CT molecular complexity index is 707. The van der Waals surface area contributed by atoms with Crippen LogP contribution in [-0.2, 0) is 11.3 Å². The van der Waals surface area contributed by atoms with Gasteiger partial charge in [-0.3, -0.25) is 4.79 Å². The molecular weight excluding hydrogens is 375 g/mol. The van der Waals surface area contributed by atoms with Crippen LogP contribution < -0.4 is 15.0 Å². The van der Waals surface area contributed by atoms with Crippen molar-refractivity contribution >= 4 is 27.5 Å². The van der Waals surface area contributed by atoms with Gasteiger partial charge in [-0.15, -0.1) is 0 Å². The smallest absolute Gasteiger partial charge is 0.282 e. The van der Waals surface area contributed by atoms with E-state index in [1.165, 1.54) is 13.2 Å². The van der Waals surface area contributed by atoms with Crippen molar-refractivity contribution in [3.8, 4) is 5.75 Å². The van der Waals surface area contributed by atoms with Crippen LogP contribution >= 0.6 is 15.9 Å². The number of methoxy groups -OCH3 is 1. The third kappa shape index (κ3) is 4.79. The molecule has 0 fully saturated rings. The van der Waals surface area contributed by atoms with Crippen LogP contribution in [0, 0.1) is 5.82 Å². The SMILES string of the molecule is COc1ccc(C[NH+](C)[C@H](C)C(=O)Nc2ccc(Br)cc2)cc1F. The van der Waals surface area contributed by atoms with Crippen molar-refractivity contribution in [3.63, 3.8) is 0 Å². The first kappa shape index (κ1) is 18.4. The number of amides is 1. The summed E-state index contributed by atoms with van der Waals surface area (Å²) in [6.07, 6.45) is 0. The number of hydrogen-bond donors (Lipinski definition) is 2. The second-order valence-corrected chi connectivity index (χ2v) is 6.63. The molecule has 128 valence electrons. The Labute approximate surface area is 149 Å². The maximum absolute atomic E-state index is 13.8. The number of halogens is 2. The van der Waals surface area contributed by atoms with Crippen LogP contribution in [0.5, 0.6) is 5.75 Å². The lowest BCUT2D eigenvalue weighted by atomic mass is 10.1. The standard InChI is InChI=1S/C18H20BrFN2O2/c1-12(18(23)21-15-7-5-14(19)6-8-15)22(2)11-13-4-9-17(24-3)16(20)10-13/h4-10,12H,11H2,1-3H3,(H,21,23)/p+1/t12-/m1/s1. The lowest BCUT2D eigenvalue weighted by Crippen LogP contribution is -3.12. The number of benzene rings is 2. The normalized spacial score (nSPS) is 13.2. The summed E-state index contributed by atoms with van der Waals surface area (Å²) in [5.74, 6) is -0.254. The molecule has 0 heterocycles. The number of carbonyl (C=O) groups excluding carboxylic acids is 1. The number of rotatable bonds is 6. The van der Waals surface area contributed by atoms with Gasteiger partial charge in [0.2, 0.25) is 0 Å². The minimum absolute atomic E-state index is 0.0798. The Morgan fingerprint density at radius 2 is 1.96 bits per heavy atom. The number of hydrogen-bond acceptors (Lipinski definition) is 2. The summed E-state index contributed by atoms with van der Waals surface area (Å²) >= 11 is 3.36. The topological polar surface area (TPSA) is 42.8 Å². The largest absolute Gasteiger partial charge is 0.494 e. The van der Waals surface area contributed by atoms with Crippen LogP contribution in [0.2, 0.25) is 0 Å². The van der Waals surface area contributed by atoms with E-state index in [4.69, 9.17) is 4.74 Å². The average molecular weight is 396 g/mol. The summed E-state index contributed by atoms with van der Waals surface area (Å²) in [5.41, 5.74) is 1.56. The summed E-state index contributed by atoms with van der Waals surface area (Å²) in [4.78, 5) is 13.3. The molecule has 6 heteroatoms. The quantitative estimate of drug-likeness (QED) is 0.789. The lowest BCUT2D eigenvalue weighted by molar-refractivity contribution is -0.907. The van der Waals surface area contributed by atoms with Gasteiger partial charge in [-0.1, -0.05) is 15.9 Å². The first-order chi connectivity index (χ1) is 11.4. The van der Waals surface area contributed by atoms with Crippen molar-refractivity contribution in [2.75, 3.05) is 19.5 Å². The summed E-state index contributed by atoms with van der Waals surface area (Å²) in [7, 11) is 3.35. The zero-order valence-corrected chi connectivity index (χ0v) is 15.5. The molecule has 0 aliphatic rings. The molecule has 2 atom stereocenters. The number of likely N-dealkylation sites (N-methyl/N-ethyl adjacent to an activating group) is 1. The summed E-state index contributed by atoms with van der Waals surface area (Å²) < 4.78 is 19.6. The average Bonchev–Trinajstić information content (AvgIpc) is 2.56. The van der Waals surface area contributed by atoms with Gasteiger partial charge in [0.05, 0.1) is 14.2 Å². The van der Waals surface area contributed by atoms with Crippen molar-refractivity contribution in [3.05, 3.63) is 58.3 Å². The molecule has 4 nitrogen and oxygen atoms in total. The molecule has 0 bridgehead atoms. The fourth-order valence-electron chi connectivity index (χ4n) is 2.30. The van der Waals surface area contributed by atoms with E-state index in [1.54, 1.807) is 6.07 Å². The van der Waals surface area contributed by atoms with E-state index < -0.39 is 5.82 Å². The third-order valence-corrected chi connectivity index (χ3v) is 4.47. The zero-order valence-electron chi connectivity index (χ0n) is 13.9. The van der Waals surface area contributed by atoms with Crippen LogP contribution in [0.4, 0.5) is 10.1 Å². The summed E-state index contributed by atoms with van der Waals surface area (Å²) in [5, 5.41) is 2.89. The second-order valence-electron chi connectivity index (χ2n) is 5.71. The highest BCUT2D eigenvalue weighted by Gasteiger charge is 2.22. The highest BCUT2D eigenvalue weighted by atomic mass is 79.9. The summed E-state index contributed by atoms with van der Waals surface area (Å²) in [6, 6.07) is 12.0. The van der Waals surface area contributed by atoms with Crippen LogP contribution in [0.1, 0.15) is 12.5 Å². The molecule has 0 radical (unpaired) electrons. The number of nitrogens with one attached hydrogen (secondary N) is 2. The monoisotopic (exact) mass is 395 g/mol. The van der Waals surface area contributed by atoms with Gasteiger partial charge < -0.3 is 15.0 Å². The molecule has 2 aromatic carbocycles. The maximum Gasteiger partial charge on any atom is 0.282 e. The third-order valence-electron chi connectivity index (χ3n) is 3.94. The van der Waals surface area contributed by atoms with Crippen LogP contribution in [0.3, 0.4) is 0 Å². The molecular formula is C18H21BrFN2O2+. The lowest BCUT2D eigenvalue weighted by Gasteiger charge is -2.21. The fraction of sp³-hybridized carbons (Fsp3) is 0.278. The van der Waals surface area contributed by atoms with Gasteiger partial charge in [-0.2, -0.15) is 0 Å². The van der Waals surface area contributed by atoms with E-state index in [2.05, 4.69) is 21.2 Å². The fourth-order valence-corrected chi connectivity index (χ4v) is 2.57. The Morgan fingerprint density at radius 1 is 1.29 bits per heavy atom. The summed E-state index contributed by atoms with van der Waals surface area (Å²) in [6.45, 7) is 2.39. The first-order valence-electron chi connectivity index (χ1n) is 7.62. The Kier molecular flexibility index (Phi) is 6.34. The minimum atomic E-state index is -0.394. The van der Waals surface area contributed by atoms with Crippen molar-refractivity contribution < 1.29 is 18.8 Å². The predicted molar refractivity (Wildman–Crippen MR) is 95.8 cm³/mol. The van der Waals surface area contributed by atoms with Crippen molar-refractivity contribution in [1.29, 1.82) is 0 Å². The minimum Gasteiger partial charge on any atom is -0.494 e. The van der Waals surface area contributed by atoms with Gasteiger partial charge in [-0.25, -0.2) is 4.39 Å². The van der Waals surface area contributed by atoms with Crippen molar-refractivity contribution in [2.45, 2.75) is 19.5 Å². The van der Waals surface area contributed by atoms with Gasteiger partial charge in [0.1, 0.15) is 6.54 Å². The molecule has 0 spiro atoms. The van der Waals surface area contributed by atoms with Crippen LogP contribution in [0.15, 0.2) is 46.9 Å². The van der Waals surface area contributed by atoms with E-state index in [-0.39, 0.29) is 17.7 Å². The van der Waals surface area contributed by atoms with E-state index in [1.807, 2.05) is 44.3 Å². The van der Waals surface area contributed by atoms with E-state index in [9.17, 15) is 9.18 Å². The molecule has 0 saturated heterocycles. The maximum atomic E-state index is 13.8. The van der Waals surface area contributed by atoms with Gasteiger partial charge in [-0.05, 0) is 49.4 Å². The predicted octanol–water partition coefficient (Wildman–Crippen LogP) is 2.64. The van der Waals surface area contributed by atoms with Crippen molar-refractivity contribution in [1.82, 2.24) is 0 Å². The molecule has 2 aromatic rings. The number of quaternary nitrogens is 1. The molecule has 1 amide bonds. The zero-order chi connectivity index (χ0) is 17.7. The van der Waals surface area contributed by atoms with Gasteiger partial charge in [0.25, 0.3) is 5.91 Å². The molecule has 0 aliphatic heterocycles. The van der Waals surface area contributed by atoms with E-state index in [0.29, 0.717) is 6.54 Å². The Balaban J connectivity index is 1.97. The molecule has 0 saturated carbocycles. The molecule has 2 rings (SSSR count). The van der Waals surface area contributed by atoms with E-state index >= 15 is 0 Å². The number of ether oxygens (including phenoxy) is 1. The molecule has 1 unspecified atom stereocenters. The Hall–Kier alpha value is -1.92. The molecule has 24 heavy (non-hydrogen) atoms. The molecule has 0 aliphatic carbocycles. The molecule has 0 aromatic heterocycles. The van der Waals surface area contributed by atoms with Gasteiger partial charge in [0, 0.05) is 15.7 Å².